The third-order valence-corrected chi connectivity index (χ3v) is 2.89. The maximum absolute atomic E-state index is 11.0. The van der Waals surface area contributed by atoms with E-state index < -0.39 is 0 Å². The van der Waals surface area contributed by atoms with Crippen LogP contribution in [0.2, 0.25) is 0 Å². The van der Waals surface area contributed by atoms with Crippen molar-refractivity contribution in [1.82, 2.24) is 14.7 Å². The molecule has 4 nitrogen and oxygen atoms in total. The first-order valence-electron chi connectivity index (χ1n) is 5.45. The van der Waals surface area contributed by atoms with Gasteiger partial charge in [-0.1, -0.05) is 0 Å². The fraction of sp³-hybridized carbons (Fsp3) is 0.636. The summed E-state index contributed by atoms with van der Waals surface area (Å²) >= 11 is 0. The minimum absolute atomic E-state index is 0.410. The number of carbonyl (C=O) groups is 1. The summed E-state index contributed by atoms with van der Waals surface area (Å²) in [5, 5.41) is 4.14. The number of Topliss-reactive ketones (excluding diaryl/α,β-unsaturated/α-hetero) is 1. The third-order valence-electron chi connectivity index (χ3n) is 2.89. The molecule has 15 heavy (non-hydrogen) atoms. The van der Waals surface area contributed by atoms with Gasteiger partial charge in [-0.25, -0.2) is 0 Å². The number of hydrogen-bond acceptors (Lipinski definition) is 3. The van der Waals surface area contributed by atoms with Crippen molar-refractivity contribution >= 4 is 5.78 Å². The zero-order chi connectivity index (χ0) is 10.7. The third kappa shape index (κ3) is 2.89. The smallest absolute Gasteiger partial charge is 0.135 e. The molecular formula is C11H17N3O. The molecule has 2 heterocycles. The first-order chi connectivity index (χ1) is 7.24. The van der Waals surface area contributed by atoms with E-state index in [1.54, 1.807) is 0 Å². The number of ketones is 1. The first-order valence-corrected chi connectivity index (χ1v) is 5.45. The predicted molar refractivity (Wildman–Crippen MR) is 57.6 cm³/mol. The van der Waals surface area contributed by atoms with Crippen molar-refractivity contribution < 1.29 is 4.79 Å². The second-order valence-corrected chi connectivity index (χ2v) is 4.15. The number of hydrogen-bond donors (Lipinski definition) is 0. The summed E-state index contributed by atoms with van der Waals surface area (Å²) in [6.45, 7) is 2.90. The monoisotopic (exact) mass is 207 g/mol. The lowest BCUT2D eigenvalue weighted by Gasteiger charge is -2.25. The van der Waals surface area contributed by atoms with Crippen LogP contribution in [-0.2, 0) is 18.3 Å². The van der Waals surface area contributed by atoms with E-state index in [2.05, 4.69) is 16.2 Å². The fourth-order valence-electron chi connectivity index (χ4n) is 1.91. The van der Waals surface area contributed by atoms with Gasteiger partial charge in [-0.15, -0.1) is 0 Å². The molecule has 1 aliphatic rings. The van der Waals surface area contributed by atoms with Crippen LogP contribution in [0, 0.1) is 0 Å². The Kier molecular flexibility index (Phi) is 3.16. The molecule has 2 rings (SSSR count). The van der Waals surface area contributed by atoms with Crippen LogP contribution in [0.3, 0.4) is 0 Å². The highest BCUT2D eigenvalue weighted by atomic mass is 16.1. The number of carbonyl (C=O) groups excluding carboxylic acids is 1. The topological polar surface area (TPSA) is 38.1 Å². The predicted octanol–water partition coefficient (Wildman–Crippen LogP) is 0.627. The Morgan fingerprint density at radius 3 is 2.73 bits per heavy atom. The van der Waals surface area contributed by atoms with Crippen LogP contribution in [0.25, 0.3) is 0 Å². The molecule has 0 unspecified atom stereocenters. The Morgan fingerprint density at radius 1 is 1.40 bits per heavy atom. The number of rotatable bonds is 3. The van der Waals surface area contributed by atoms with Gasteiger partial charge in [0.2, 0.25) is 0 Å². The zero-order valence-electron chi connectivity index (χ0n) is 9.15. The Bertz CT molecular complexity index is 335. The van der Waals surface area contributed by atoms with Crippen molar-refractivity contribution in [3.8, 4) is 0 Å². The SMILES string of the molecule is Cn1cc(CCN2CCC(=O)CC2)cn1. The highest BCUT2D eigenvalue weighted by molar-refractivity contribution is 5.79. The van der Waals surface area contributed by atoms with Gasteiger partial charge in [-0.2, -0.15) is 5.10 Å². The Hall–Kier alpha value is -1.16. The second-order valence-electron chi connectivity index (χ2n) is 4.15. The van der Waals surface area contributed by atoms with Crippen LogP contribution >= 0.6 is 0 Å². The molecule has 1 aromatic heterocycles. The molecule has 0 aliphatic carbocycles. The number of piperidine rings is 1. The van der Waals surface area contributed by atoms with E-state index in [1.165, 1.54) is 5.56 Å². The van der Waals surface area contributed by atoms with Crippen molar-refractivity contribution in [3.05, 3.63) is 18.0 Å². The number of nitrogens with zero attached hydrogens (tertiary/aromatic N) is 3. The molecule has 1 aromatic rings. The molecular weight excluding hydrogens is 190 g/mol. The standard InChI is InChI=1S/C11H17N3O/c1-13-9-10(8-12-13)2-5-14-6-3-11(15)4-7-14/h8-9H,2-7H2,1H3. The van der Waals surface area contributed by atoms with Gasteiger partial charge < -0.3 is 4.90 Å². The van der Waals surface area contributed by atoms with E-state index in [1.807, 2.05) is 17.9 Å². The number of aryl methyl sites for hydroxylation is 1. The van der Waals surface area contributed by atoms with Crippen LogP contribution in [0.15, 0.2) is 12.4 Å². The van der Waals surface area contributed by atoms with Crippen molar-refractivity contribution in [3.63, 3.8) is 0 Å². The summed E-state index contributed by atoms with van der Waals surface area (Å²) in [7, 11) is 1.93. The van der Waals surface area contributed by atoms with Crippen molar-refractivity contribution in [2.45, 2.75) is 19.3 Å². The molecule has 0 atom stereocenters. The fourth-order valence-corrected chi connectivity index (χ4v) is 1.91. The minimum Gasteiger partial charge on any atom is -0.302 e. The van der Waals surface area contributed by atoms with Gasteiger partial charge >= 0.3 is 0 Å². The van der Waals surface area contributed by atoms with E-state index in [-0.39, 0.29) is 0 Å². The van der Waals surface area contributed by atoms with E-state index >= 15 is 0 Å². The summed E-state index contributed by atoms with van der Waals surface area (Å²) in [5.41, 5.74) is 1.27. The quantitative estimate of drug-likeness (QED) is 0.729. The van der Waals surface area contributed by atoms with Gasteiger partial charge in [0.05, 0.1) is 6.20 Å². The molecule has 1 fully saturated rings. The van der Waals surface area contributed by atoms with Crippen molar-refractivity contribution in [2.24, 2.45) is 7.05 Å². The van der Waals surface area contributed by atoms with E-state index in [4.69, 9.17) is 0 Å². The molecule has 1 saturated heterocycles. The summed E-state index contributed by atoms with van der Waals surface area (Å²) in [6.07, 6.45) is 6.45. The minimum atomic E-state index is 0.410. The van der Waals surface area contributed by atoms with Gasteiger partial charge in [-0.3, -0.25) is 9.48 Å². The maximum atomic E-state index is 11.0. The summed E-state index contributed by atoms with van der Waals surface area (Å²) in [4.78, 5) is 13.4. The highest BCUT2D eigenvalue weighted by Gasteiger charge is 2.15. The Morgan fingerprint density at radius 2 is 2.13 bits per heavy atom. The van der Waals surface area contributed by atoms with Crippen LogP contribution < -0.4 is 0 Å². The lowest BCUT2D eigenvalue weighted by atomic mass is 10.1. The molecule has 0 aromatic carbocycles. The lowest BCUT2D eigenvalue weighted by molar-refractivity contribution is -0.121. The average molecular weight is 207 g/mol. The van der Waals surface area contributed by atoms with Gasteiger partial charge in [0.25, 0.3) is 0 Å². The van der Waals surface area contributed by atoms with Crippen LogP contribution in [0.5, 0.6) is 0 Å². The second kappa shape index (κ2) is 4.57. The molecule has 82 valence electrons. The van der Waals surface area contributed by atoms with Crippen LogP contribution in [0.4, 0.5) is 0 Å². The average Bonchev–Trinajstić information content (AvgIpc) is 2.64. The molecule has 0 amide bonds. The van der Waals surface area contributed by atoms with Crippen LogP contribution in [-0.4, -0.2) is 40.1 Å². The van der Waals surface area contributed by atoms with E-state index in [0.717, 1.165) is 38.9 Å². The van der Waals surface area contributed by atoms with E-state index in [9.17, 15) is 4.79 Å². The van der Waals surface area contributed by atoms with Gasteiger partial charge in [0.1, 0.15) is 5.78 Å². The molecule has 4 heteroatoms. The Labute approximate surface area is 89.9 Å². The van der Waals surface area contributed by atoms with Crippen molar-refractivity contribution in [1.29, 1.82) is 0 Å². The summed E-state index contributed by atoms with van der Waals surface area (Å²) in [5.74, 6) is 0.410. The van der Waals surface area contributed by atoms with Crippen LogP contribution in [0.1, 0.15) is 18.4 Å². The summed E-state index contributed by atoms with van der Waals surface area (Å²) in [6, 6.07) is 0. The molecule has 0 saturated carbocycles. The molecule has 0 bridgehead atoms. The zero-order valence-corrected chi connectivity index (χ0v) is 9.15. The normalized spacial score (nSPS) is 18.3. The molecule has 0 N–H and O–H groups in total. The number of likely N-dealkylation sites (tertiary alicyclic amines) is 1. The lowest BCUT2D eigenvalue weighted by Crippen LogP contribution is -2.35. The Balaban J connectivity index is 1.76. The number of aromatic nitrogens is 2. The first kappa shape index (κ1) is 10.4. The highest BCUT2D eigenvalue weighted by Crippen LogP contribution is 2.07. The maximum Gasteiger partial charge on any atom is 0.135 e. The molecule has 0 spiro atoms. The summed E-state index contributed by atoms with van der Waals surface area (Å²) < 4.78 is 1.83. The van der Waals surface area contributed by atoms with Gasteiger partial charge in [0, 0.05) is 45.7 Å². The van der Waals surface area contributed by atoms with E-state index in [0.29, 0.717) is 5.78 Å². The van der Waals surface area contributed by atoms with Crippen molar-refractivity contribution in [2.75, 3.05) is 19.6 Å². The largest absolute Gasteiger partial charge is 0.302 e. The van der Waals surface area contributed by atoms with Gasteiger partial charge in [-0.05, 0) is 12.0 Å². The van der Waals surface area contributed by atoms with Gasteiger partial charge in [0.15, 0.2) is 0 Å². The molecule has 0 radical (unpaired) electrons. The molecule has 1 aliphatic heterocycles.